The van der Waals surface area contributed by atoms with E-state index in [1.807, 2.05) is 66.7 Å². The number of fused-ring (bicyclic) bond motifs is 6. The van der Waals surface area contributed by atoms with Crippen molar-refractivity contribution in [1.82, 2.24) is 9.13 Å². The van der Waals surface area contributed by atoms with Gasteiger partial charge in [0.25, 0.3) is 0 Å². The van der Waals surface area contributed by atoms with Gasteiger partial charge in [-0.1, -0.05) is 72.8 Å². The minimum Gasteiger partial charge on any atom is -0.309 e. The summed E-state index contributed by atoms with van der Waals surface area (Å²) in [5.74, 6) is -0.633. The smallest absolute Gasteiger partial charge is 0.125 e. The minimum atomic E-state index is -0.327. The second-order valence-electron chi connectivity index (χ2n) is 11.7. The Morgan fingerprint density at radius 3 is 1.53 bits per heavy atom. The van der Waals surface area contributed by atoms with Crippen molar-refractivity contribution in [2.24, 2.45) is 0 Å². The van der Waals surface area contributed by atoms with Crippen molar-refractivity contribution in [2.75, 3.05) is 4.90 Å². The lowest BCUT2D eigenvalue weighted by Gasteiger charge is -2.27. The Hall–Kier alpha value is -6.20. The maximum absolute atomic E-state index is 15.1. The Labute approximate surface area is 269 Å². The lowest BCUT2D eigenvalue weighted by atomic mass is 10.1. The average Bonchev–Trinajstić information content (AvgIpc) is 3.62. The number of anilines is 3. The number of para-hydroxylation sites is 3. The number of halogens is 2. The highest BCUT2D eigenvalue weighted by atomic mass is 19.1. The van der Waals surface area contributed by atoms with Crippen molar-refractivity contribution < 1.29 is 8.78 Å². The van der Waals surface area contributed by atoms with Crippen LogP contribution in [0.2, 0.25) is 0 Å². The van der Waals surface area contributed by atoms with Gasteiger partial charge in [-0.2, -0.15) is 0 Å². The van der Waals surface area contributed by atoms with E-state index in [0.717, 1.165) is 66.4 Å². The first-order valence-corrected chi connectivity index (χ1v) is 15.6. The highest BCUT2D eigenvalue weighted by molar-refractivity contribution is 6.20. The van der Waals surface area contributed by atoms with Gasteiger partial charge in [-0.05, 0) is 91.0 Å². The predicted molar refractivity (Wildman–Crippen MR) is 190 cm³/mol. The predicted octanol–water partition coefficient (Wildman–Crippen LogP) is 11.6. The van der Waals surface area contributed by atoms with Gasteiger partial charge in [-0.25, -0.2) is 8.78 Å². The van der Waals surface area contributed by atoms with Crippen LogP contribution in [-0.2, 0) is 0 Å². The molecule has 0 spiro atoms. The third kappa shape index (κ3) is 4.24. The van der Waals surface area contributed by atoms with E-state index in [1.54, 1.807) is 18.2 Å². The van der Waals surface area contributed by atoms with Crippen molar-refractivity contribution >= 4 is 60.7 Å². The standard InChI is InChI=1S/C42H27F2N3/c43-28-12-9-17-32(26-28)47(38-22-10-20-36-41(38)33-18-7-8-19-35(33)45(36)30-13-3-1-4-14-30)39-23-11-21-37-42(39)34-25-24-29(44)27-40(34)46(37)31-15-5-2-6-16-31/h1-27H. The van der Waals surface area contributed by atoms with Crippen LogP contribution in [0.4, 0.5) is 25.8 Å². The fourth-order valence-electron chi connectivity index (χ4n) is 7.13. The first-order chi connectivity index (χ1) is 23.2. The van der Waals surface area contributed by atoms with Crippen LogP contribution < -0.4 is 4.90 Å². The molecule has 0 bridgehead atoms. The molecule has 2 heterocycles. The molecule has 0 aliphatic carbocycles. The van der Waals surface area contributed by atoms with E-state index in [1.165, 1.54) is 12.1 Å². The highest BCUT2D eigenvalue weighted by Gasteiger charge is 2.25. The van der Waals surface area contributed by atoms with Crippen LogP contribution in [0.25, 0.3) is 55.0 Å². The van der Waals surface area contributed by atoms with Crippen LogP contribution in [0.3, 0.4) is 0 Å². The van der Waals surface area contributed by atoms with E-state index in [-0.39, 0.29) is 11.6 Å². The van der Waals surface area contributed by atoms with Crippen molar-refractivity contribution in [1.29, 1.82) is 0 Å². The molecule has 0 amide bonds. The van der Waals surface area contributed by atoms with Gasteiger partial charge in [0, 0.05) is 38.6 Å². The van der Waals surface area contributed by atoms with E-state index < -0.39 is 0 Å². The maximum atomic E-state index is 15.1. The molecule has 0 aliphatic rings. The van der Waals surface area contributed by atoms with E-state index in [0.29, 0.717) is 5.69 Å². The summed E-state index contributed by atoms with van der Waals surface area (Å²) in [6.45, 7) is 0. The number of aromatic nitrogens is 2. The lowest BCUT2D eigenvalue weighted by molar-refractivity contribution is 0.628. The number of rotatable bonds is 5. The summed E-state index contributed by atoms with van der Waals surface area (Å²) in [6, 6.07) is 52.9. The van der Waals surface area contributed by atoms with Gasteiger partial charge in [-0.3, -0.25) is 0 Å². The van der Waals surface area contributed by atoms with Crippen LogP contribution in [0.15, 0.2) is 164 Å². The topological polar surface area (TPSA) is 13.1 Å². The number of hydrogen-bond acceptors (Lipinski definition) is 1. The molecule has 9 aromatic rings. The zero-order valence-electron chi connectivity index (χ0n) is 25.2. The van der Waals surface area contributed by atoms with Crippen molar-refractivity contribution in [2.45, 2.75) is 0 Å². The summed E-state index contributed by atoms with van der Waals surface area (Å²) in [5, 5.41) is 3.98. The highest BCUT2D eigenvalue weighted by Crippen LogP contribution is 2.47. The zero-order valence-corrected chi connectivity index (χ0v) is 25.2. The summed E-state index contributed by atoms with van der Waals surface area (Å²) < 4.78 is 34.4. The van der Waals surface area contributed by atoms with Gasteiger partial charge in [0.2, 0.25) is 0 Å². The third-order valence-electron chi connectivity index (χ3n) is 8.98. The van der Waals surface area contributed by atoms with Gasteiger partial charge in [0.15, 0.2) is 0 Å². The molecule has 9 rings (SSSR count). The molecule has 0 saturated heterocycles. The van der Waals surface area contributed by atoms with Gasteiger partial charge >= 0.3 is 0 Å². The normalized spacial score (nSPS) is 11.6. The first-order valence-electron chi connectivity index (χ1n) is 15.6. The molecular weight excluding hydrogens is 584 g/mol. The van der Waals surface area contributed by atoms with Crippen LogP contribution in [0.1, 0.15) is 0 Å². The molecule has 0 radical (unpaired) electrons. The van der Waals surface area contributed by atoms with Gasteiger partial charge < -0.3 is 14.0 Å². The summed E-state index contributed by atoms with van der Waals surface area (Å²) in [4.78, 5) is 2.15. The lowest BCUT2D eigenvalue weighted by Crippen LogP contribution is -2.11. The molecule has 0 fully saturated rings. The van der Waals surface area contributed by atoms with Crippen molar-refractivity contribution in [3.8, 4) is 11.4 Å². The number of nitrogens with zero attached hydrogens (tertiary/aromatic N) is 3. The molecule has 224 valence electrons. The van der Waals surface area contributed by atoms with Gasteiger partial charge in [0.1, 0.15) is 11.6 Å². The molecule has 2 aromatic heterocycles. The van der Waals surface area contributed by atoms with Crippen LogP contribution in [-0.4, -0.2) is 9.13 Å². The molecule has 5 heteroatoms. The molecule has 0 atom stereocenters. The SMILES string of the molecule is Fc1cccc(N(c2cccc3c2c2ccccc2n3-c2ccccc2)c2cccc3c2c2ccc(F)cc2n3-c2ccccc2)c1. The maximum Gasteiger partial charge on any atom is 0.125 e. The Morgan fingerprint density at radius 2 is 0.894 bits per heavy atom. The van der Waals surface area contributed by atoms with E-state index in [2.05, 4.69) is 80.8 Å². The Morgan fingerprint density at radius 1 is 0.383 bits per heavy atom. The first kappa shape index (κ1) is 27.1. The largest absolute Gasteiger partial charge is 0.309 e. The molecule has 0 N–H and O–H groups in total. The van der Waals surface area contributed by atoms with E-state index in [4.69, 9.17) is 0 Å². The minimum absolute atomic E-state index is 0.306. The molecule has 3 nitrogen and oxygen atoms in total. The second-order valence-corrected chi connectivity index (χ2v) is 11.7. The molecule has 0 unspecified atom stereocenters. The summed E-state index contributed by atoms with van der Waals surface area (Å²) in [6.07, 6.45) is 0. The Balaban J connectivity index is 1.43. The van der Waals surface area contributed by atoms with Crippen LogP contribution in [0, 0.1) is 11.6 Å². The van der Waals surface area contributed by atoms with Crippen molar-refractivity contribution in [3.05, 3.63) is 175 Å². The van der Waals surface area contributed by atoms with E-state index >= 15 is 4.39 Å². The number of benzene rings is 7. The monoisotopic (exact) mass is 611 g/mol. The summed E-state index contributed by atoms with van der Waals surface area (Å²) in [5.41, 5.74) is 8.25. The third-order valence-corrected chi connectivity index (χ3v) is 8.98. The van der Waals surface area contributed by atoms with Crippen LogP contribution in [0.5, 0.6) is 0 Å². The summed E-state index contributed by atoms with van der Waals surface area (Å²) in [7, 11) is 0. The molecule has 0 saturated carbocycles. The summed E-state index contributed by atoms with van der Waals surface area (Å²) >= 11 is 0. The Kier molecular flexibility index (Phi) is 6.18. The zero-order chi connectivity index (χ0) is 31.5. The van der Waals surface area contributed by atoms with E-state index in [9.17, 15) is 4.39 Å². The molecule has 0 aliphatic heterocycles. The van der Waals surface area contributed by atoms with Gasteiger partial charge in [-0.15, -0.1) is 0 Å². The fourth-order valence-corrected chi connectivity index (χ4v) is 7.13. The molecule has 7 aromatic carbocycles. The van der Waals surface area contributed by atoms with Crippen LogP contribution >= 0.6 is 0 Å². The molecular formula is C42H27F2N3. The average molecular weight is 612 g/mol. The van der Waals surface area contributed by atoms with Gasteiger partial charge in [0.05, 0.1) is 33.4 Å². The van der Waals surface area contributed by atoms with Crippen molar-refractivity contribution in [3.63, 3.8) is 0 Å². The molecule has 47 heavy (non-hydrogen) atoms. The quantitative estimate of drug-likeness (QED) is 0.189. The second kappa shape index (κ2) is 10.7. The number of hydrogen-bond donors (Lipinski definition) is 0. The Bertz CT molecular complexity index is 2600. The fraction of sp³-hybridized carbons (Fsp3) is 0.